The molecule has 0 radical (unpaired) electrons. The van der Waals surface area contributed by atoms with Crippen LogP contribution in [0, 0.1) is 0 Å². The molecular formula is C66H44B2N4S2. The number of hydrogen-bond acceptors (Lipinski definition) is 6. The molecule has 0 unspecified atom stereocenters. The Balaban J connectivity index is 1.02. The van der Waals surface area contributed by atoms with Gasteiger partial charge in [-0.25, -0.2) is 0 Å². The number of para-hydroxylation sites is 6. The summed E-state index contributed by atoms with van der Waals surface area (Å²) in [6, 6.07) is 98.3. The van der Waals surface area contributed by atoms with E-state index in [0.717, 1.165) is 45.5 Å². The van der Waals surface area contributed by atoms with Crippen LogP contribution < -0.4 is 41.5 Å². The molecule has 0 saturated carbocycles. The molecule has 4 aliphatic rings. The predicted octanol–water partition coefficient (Wildman–Crippen LogP) is 15.9. The zero-order valence-electron chi connectivity index (χ0n) is 40.2. The van der Waals surface area contributed by atoms with Crippen LogP contribution in [-0.4, -0.2) is 12.0 Å². The van der Waals surface area contributed by atoms with Crippen molar-refractivity contribution in [3.8, 4) is 22.3 Å². The molecular weight excluding hydrogens is 935 g/mol. The summed E-state index contributed by atoms with van der Waals surface area (Å²) >= 11 is 3.99. The first-order valence-electron chi connectivity index (χ1n) is 25.3. The fraction of sp³-hybridized carbons (Fsp3) is 0. The largest absolute Gasteiger partial charge is 0.311 e. The standard InChI is InChI=1S/C66H44B2N4S2/c1-7-23-45(24-8-1)69(46-25-9-2-10-26-46)51-39-55-53-35-19-21-37-63(53)73-67-57-43-58-60(44-59(57)71(61(41-51)65(55)67)49-31-15-5-16-32-49)72(50-33-17-6-18-34-50)62-42-52(40-56-54-36-20-22-38-64(54)74-68(58)66(56)62)70(47-27-11-3-12-28-47)48-29-13-4-14-30-48/h1-44H. The summed E-state index contributed by atoms with van der Waals surface area (Å²) in [6.07, 6.45) is 0. The highest BCUT2D eigenvalue weighted by molar-refractivity contribution is 8.29. The van der Waals surface area contributed by atoms with Gasteiger partial charge in [0.1, 0.15) is 0 Å². The van der Waals surface area contributed by atoms with Crippen molar-refractivity contribution in [2.45, 2.75) is 9.79 Å². The Morgan fingerprint density at radius 1 is 0.270 bits per heavy atom. The monoisotopic (exact) mass is 978 g/mol. The Morgan fingerprint density at radius 3 is 0.959 bits per heavy atom. The van der Waals surface area contributed by atoms with Crippen LogP contribution in [0.5, 0.6) is 0 Å². The van der Waals surface area contributed by atoms with Gasteiger partial charge in [-0.3, -0.25) is 0 Å². The first-order chi connectivity index (χ1) is 36.7. The first kappa shape index (κ1) is 43.1. The summed E-state index contributed by atoms with van der Waals surface area (Å²) in [4.78, 5) is 12.5. The van der Waals surface area contributed by atoms with E-state index in [0.29, 0.717) is 0 Å². The molecule has 74 heavy (non-hydrogen) atoms. The zero-order valence-corrected chi connectivity index (χ0v) is 41.8. The first-order valence-corrected chi connectivity index (χ1v) is 27.1. The summed E-state index contributed by atoms with van der Waals surface area (Å²) in [6.45, 7) is 0. The lowest BCUT2D eigenvalue weighted by atomic mass is 9.51. The number of hydrogen-bond donors (Lipinski definition) is 0. The van der Waals surface area contributed by atoms with Gasteiger partial charge in [0.05, 0.1) is 0 Å². The van der Waals surface area contributed by atoms with E-state index in [-0.39, 0.29) is 12.0 Å². The topological polar surface area (TPSA) is 13.0 Å². The third-order valence-electron chi connectivity index (χ3n) is 15.0. The van der Waals surface area contributed by atoms with Crippen LogP contribution in [0.1, 0.15) is 0 Å². The summed E-state index contributed by atoms with van der Waals surface area (Å²) in [5.74, 6) is 0.0661. The normalized spacial score (nSPS) is 13.2. The van der Waals surface area contributed by atoms with Crippen LogP contribution in [0.25, 0.3) is 22.3 Å². The fourth-order valence-electron chi connectivity index (χ4n) is 11.9. The van der Waals surface area contributed by atoms with E-state index in [1.54, 1.807) is 0 Å². The van der Waals surface area contributed by atoms with Crippen molar-refractivity contribution in [2.24, 2.45) is 0 Å². The van der Waals surface area contributed by atoms with Crippen molar-refractivity contribution < 1.29 is 0 Å². The molecule has 346 valence electrons. The fourth-order valence-corrected chi connectivity index (χ4v) is 14.7. The van der Waals surface area contributed by atoms with E-state index in [1.165, 1.54) is 76.6 Å². The molecule has 0 fully saturated rings. The van der Waals surface area contributed by atoms with Crippen molar-refractivity contribution in [1.82, 2.24) is 0 Å². The van der Waals surface area contributed by atoms with Crippen LogP contribution in [0.4, 0.5) is 68.2 Å². The molecule has 0 amide bonds. The lowest BCUT2D eigenvalue weighted by Crippen LogP contribution is -2.55. The minimum absolute atomic E-state index is 0.0331. The van der Waals surface area contributed by atoms with Crippen LogP contribution in [0.2, 0.25) is 0 Å². The van der Waals surface area contributed by atoms with E-state index >= 15 is 0 Å². The second-order valence-corrected chi connectivity index (χ2v) is 21.5. The van der Waals surface area contributed by atoms with E-state index < -0.39 is 0 Å². The van der Waals surface area contributed by atoms with E-state index in [2.05, 4.69) is 287 Å². The molecule has 0 saturated heterocycles. The zero-order chi connectivity index (χ0) is 48.7. The van der Waals surface area contributed by atoms with Gasteiger partial charge in [-0.2, -0.15) is 23.2 Å². The van der Waals surface area contributed by atoms with E-state index in [1.807, 2.05) is 23.2 Å². The molecule has 0 atom stereocenters. The van der Waals surface area contributed by atoms with Gasteiger partial charge >= 0.3 is 0 Å². The molecule has 4 nitrogen and oxygen atoms in total. The number of anilines is 12. The Hall–Kier alpha value is -8.55. The molecule has 0 bridgehead atoms. The van der Waals surface area contributed by atoms with Gasteiger partial charge in [-0.15, -0.1) is 0 Å². The van der Waals surface area contributed by atoms with Crippen LogP contribution in [0.3, 0.4) is 0 Å². The van der Waals surface area contributed by atoms with Gasteiger partial charge < -0.3 is 19.6 Å². The minimum atomic E-state index is 0.0331. The summed E-state index contributed by atoms with van der Waals surface area (Å²) in [5.41, 5.74) is 24.1. The number of fused-ring (bicyclic) bond motifs is 8. The molecule has 11 aromatic carbocycles. The van der Waals surface area contributed by atoms with Crippen molar-refractivity contribution in [1.29, 1.82) is 0 Å². The van der Waals surface area contributed by atoms with Crippen molar-refractivity contribution >= 4 is 125 Å². The molecule has 0 N–H and O–H groups in total. The third kappa shape index (κ3) is 6.89. The van der Waals surface area contributed by atoms with Crippen LogP contribution >= 0.6 is 23.2 Å². The van der Waals surface area contributed by atoms with E-state index in [9.17, 15) is 0 Å². The van der Waals surface area contributed by atoms with Gasteiger partial charge in [-0.1, -0.05) is 152 Å². The molecule has 0 aromatic heterocycles. The van der Waals surface area contributed by atoms with Crippen molar-refractivity contribution in [2.75, 3.05) is 19.6 Å². The number of benzene rings is 11. The Kier molecular flexibility index (Phi) is 10.2. The molecule has 0 spiro atoms. The minimum Gasteiger partial charge on any atom is -0.311 e. The van der Waals surface area contributed by atoms with Gasteiger partial charge in [0.25, 0.3) is 12.0 Å². The van der Waals surface area contributed by atoms with Crippen LogP contribution in [0.15, 0.2) is 277 Å². The quantitative estimate of drug-likeness (QED) is 0.140. The molecule has 8 heteroatoms. The van der Waals surface area contributed by atoms with Gasteiger partial charge in [0.15, 0.2) is 0 Å². The second-order valence-electron chi connectivity index (χ2n) is 19.2. The maximum Gasteiger partial charge on any atom is 0.285 e. The lowest BCUT2D eigenvalue weighted by Gasteiger charge is -2.44. The Bertz CT molecular complexity index is 3610. The van der Waals surface area contributed by atoms with E-state index in [4.69, 9.17) is 0 Å². The van der Waals surface area contributed by atoms with Gasteiger partial charge in [0.2, 0.25) is 0 Å². The van der Waals surface area contributed by atoms with Gasteiger partial charge in [-0.05, 0) is 159 Å². The summed E-state index contributed by atoms with van der Waals surface area (Å²) < 4.78 is 0. The Labute approximate surface area is 441 Å². The molecule has 15 rings (SSSR count). The van der Waals surface area contributed by atoms with Crippen LogP contribution in [-0.2, 0) is 0 Å². The molecule has 4 aliphatic heterocycles. The molecule has 11 aromatic rings. The summed E-state index contributed by atoms with van der Waals surface area (Å²) in [5, 5.41) is 0. The molecule has 0 aliphatic carbocycles. The highest BCUT2D eigenvalue weighted by atomic mass is 32.2. The smallest absolute Gasteiger partial charge is 0.285 e. The number of rotatable bonds is 8. The van der Waals surface area contributed by atoms with Crippen molar-refractivity contribution in [3.63, 3.8) is 0 Å². The van der Waals surface area contributed by atoms with Gasteiger partial charge in [0, 0.05) is 78.0 Å². The maximum atomic E-state index is 2.61. The average molecular weight is 979 g/mol. The SMILES string of the molecule is c1ccc(N(c2ccccc2)c2cc3c4c(c2)N(c2ccccc2)c2cc5c(cc2B4Sc2ccccc2-3)B2Sc3ccccc3-c3cc(N(c4ccccc4)c4ccccc4)cc(c32)N5c2ccccc2)cc1. The third-order valence-corrected chi connectivity index (χ3v) is 17.6. The Morgan fingerprint density at radius 2 is 0.595 bits per heavy atom. The summed E-state index contributed by atoms with van der Waals surface area (Å²) in [7, 11) is 0. The predicted molar refractivity (Wildman–Crippen MR) is 318 cm³/mol. The van der Waals surface area contributed by atoms with Crippen molar-refractivity contribution in [3.05, 3.63) is 267 Å². The number of nitrogens with zero attached hydrogens (tertiary/aromatic N) is 4. The highest BCUT2D eigenvalue weighted by Crippen LogP contribution is 2.53. The average Bonchev–Trinajstić information content (AvgIpc) is 3.48. The maximum absolute atomic E-state index is 2.61. The second kappa shape index (κ2) is 17.6. The highest BCUT2D eigenvalue weighted by Gasteiger charge is 2.46. The lowest BCUT2D eigenvalue weighted by molar-refractivity contribution is 1.24. The molecule has 4 heterocycles.